The van der Waals surface area contributed by atoms with Crippen LogP contribution < -0.4 is 10.6 Å². The molecule has 1 rings (SSSR count). The summed E-state index contributed by atoms with van der Waals surface area (Å²) in [4.78, 5) is 21.7. The van der Waals surface area contributed by atoms with Gasteiger partial charge in [-0.3, -0.25) is 9.89 Å². The van der Waals surface area contributed by atoms with Gasteiger partial charge in [0.1, 0.15) is 0 Å². The molecule has 0 unspecified atom stereocenters. The van der Waals surface area contributed by atoms with E-state index in [-0.39, 0.29) is 12.5 Å². The van der Waals surface area contributed by atoms with Crippen LogP contribution in [0.15, 0.2) is 6.20 Å². The lowest BCUT2D eigenvalue weighted by molar-refractivity contribution is -0.137. The molecule has 0 atom stereocenters. The van der Waals surface area contributed by atoms with Crippen LogP contribution in [0.3, 0.4) is 0 Å². The molecule has 1 heterocycles. The number of hydrogen-bond acceptors (Lipinski definition) is 3. The van der Waals surface area contributed by atoms with Crippen LogP contribution >= 0.6 is 0 Å². The van der Waals surface area contributed by atoms with Crippen molar-refractivity contribution in [3.63, 3.8) is 0 Å². The van der Waals surface area contributed by atoms with E-state index in [1.165, 1.54) is 0 Å². The highest BCUT2D eigenvalue weighted by Crippen LogP contribution is 2.01. The Morgan fingerprint density at radius 3 is 2.74 bits per heavy atom. The zero-order valence-electron chi connectivity index (χ0n) is 11.0. The van der Waals surface area contributed by atoms with E-state index in [0.29, 0.717) is 19.5 Å². The number of carbonyl (C=O) groups excluding carboxylic acids is 1. The number of aryl methyl sites for hydroxylation is 1. The normalized spacial score (nSPS) is 10.2. The van der Waals surface area contributed by atoms with Crippen LogP contribution in [0.1, 0.15) is 36.9 Å². The van der Waals surface area contributed by atoms with E-state index in [0.717, 1.165) is 24.1 Å². The number of H-pyrrole nitrogens is 1. The Bertz CT molecular complexity index is 417. The van der Waals surface area contributed by atoms with Crippen molar-refractivity contribution >= 4 is 12.0 Å². The number of rotatable bonds is 8. The topological polar surface area (TPSA) is 107 Å². The lowest BCUT2D eigenvalue weighted by Gasteiger charge is -2.06. The fourth-order valence-electron chi connectivity index (χ4n) is 1.57. The van der Waals surface area contributed by atoms with E-state index >= 15 is 0 Å². The summed E-state index contributed by atoms with van der Waals surface area (Å²) in [5.41, 5.74) is 1.89. The van der Waals surface area contributed by atoms with Crippen molar-refractivity contribution in [1.82, 2.24) is 20.8 Å². The molecule has 0 radical (unpaired) electrons. The van der Waals surface area contributed by atoms with Gasteiger partial charge in [0.15, 0.2) is 0 Å². The van der Waals surface area contributed by atoms with Gasteiger partial charge in [-0.05, 0) is 19.8 Å². The van der Waals surface area contributed by atoms with Gasteiger partial charge in [0.05, 0.1) is 6.20 Å². The summed E-state index contributed by atoms with van der Waals surface area (Å²) in [6.07, 6.45) is 4.10. The number of nitrogens with zero attached hydrogens (tertiary/aromatic N) is 1. The van der Waals surface area contributed by atoms with E-state index in [4.69, 9.17) is 5.11 Å². The van der Waals surface area contributed by atoms with Crippen molar-refractivity contribution in [2.75, 3.05) is 6.54 Å². The third kappa shape index (κ3) is 6.44. The van der Waals surface area contributed by atoms with Crippen molar-refractivity contribution in [3.05, 3.63) is 17.5 Å². The van der Waals surface area contributed by atoms with Gasteiger partial charge in [-0.1, -0.05) is 6.42 Å². The molecule has 0 aliphatic heterocycles. The highest BCUT2D eigenvalue weighted by atomic mass is 16.4. The van der Waals surface area contributed by atoms with Gasteiger partial charge in [0, 0.05) is 30.8 Å². The van der Waals surface area contributed by atoms with Crippen LogP contribution in [-0.2, 0) is 11.3 Å². The first-order valence-electron chi connectivity index (χ1n) is 6.32. The van der Waals surface area contributed by atoms with Gasteiger partial charge in [0.2, 0.25) is 0 Å². The predicted octanol–water partition coefficient (Wildman–Crippen LogP) is 1.16. The number of urea groups is 1. The van der Waals surface area contributed by atoms with E-state index < -0.39 is 5.97 Å². The number of aliphatic carboxylic acids is 1. The molecule has 0 fully saturated rings. The van der Waals surface area contributed by atoms with Crippen LogP contribution in [0, 0.1) is 6.92 Å². The summed E-state index contributed by atoms with van der Waals surface area (Å²) in [5, 5.41) is 20.6. The monoisotopic (exact) mass is 268 g/mol. The number of unbranched alkanes of at least 4 members (excludes halogenated alkanes) is 2. The summed E-state index contributed by atoms with van der Waals surface area (Å²) in [6, 6.07) is -0.223. The van der Waals surface area contributed by atoms with Crippen molar-refractivity contribution in [3.8, 4) is 0 Å². The Balaban J connectivity index is 2.02. The minimum Gasteiger partial charge on any atom is -0.481 e. The van der Waals surface area contributed by atoms with Gasteiger partial charge in [-0.25, -0.2) is 4.79 Å². The Kier molecular flexibility index (Phi) is 6.42. The van der Waals surface area contributed by atoms with Gasteiger partial charge in [-0.15, -0.1) is 0 Å². The van der Waals surface area contributed by atoms with E-state index in [1.807, 2.05) is 6.92 Å². The number of nitrogens with one attached hydrogen (secondary N) is 3. The average molecular weight is 268 g/mol. The largest absolute Gasteiger partial charge is 0.481 e. The maximum Gasteiger partial charge on any atom is 0.315 e. The summed E-state index contributed by atoms with van der Waals surface area (Å²) >= 11 is 0. The quantitative estimate of drug-likeness (QED) is 0.531. The number of amides is 2. The molecule has 0 saturated carbocycles. The Morgan fingerprint density at radius 2 is 2.11 bits per heavy atom. The second-order valence-corrected chi connectivity index (χ2v) is 4.33. The molecule has 19 heavy (non-hydrogen) atoms. The molecule has 7 heteroatoms. The van der Waals surface area contributed by atoms with Gasteiger partial charge in [-0.2, -0.15) is 5.10 Å². The second-order valence-electron chi connectivity index (χ2n) is 4.33. The second kappa shape index (κ2) is 8.12. The zero-order chi connectivity index (χ0) is 14.1. The maximum absolute atomic E-state index is 11.4. The number of carboxylic acid groups (broad SMARTS) is 1. The van der Waals surface area contributed by atoms with Crippen molar-refractivity contribution < 1.29 is 14.7 Å². The maximum atomic E-state index is 11.4. The predicted molar refractivity (Wildman–Crippen MR) is 69.7 cm³/mol. The van der Waals surface area contributed by atoms with Crippen molar-refractivity contribution in [2.45, 2.75) is 39.2 Å². The molecule has 0 spiro atoms. The molecule has 2 amide bonds. The van der Waals surface area contributed by atoms with Crippen molar-refractivity contribution in [1.29, 1.82) is 0 Å². The molecule has 7 nitrogen and oxygen atoms in total. The SMILES string of the molecule is Cc1[nH]ncc1CNC(=O)NCCCCCC(=O)O. The summed E-state index contributed by atoms with van der Waals surface area (Å²) < 4.78 is 0. The fraction of sp³-hybridized carbons (Fsp3) is 0.583. The summed E-state index contributed by atoms with van der Waals surface area (Å²) in [7, 11) is 0. The van der Waals surface area contributed by atoms with E-state index in [9.17, 15) is 9.59 Å². The van der Waals surface area contributed by atoms with Crippen LogP contribution in [0.5, 0.6) is 0 Å². The van der Waals surface area contributed by atoms with Crippen LogP contribution in [-0.4, -0.2) is 33.8 Å². The molecule has 4 N–H and O–H groups in total. The van der Waals surface area contributed by atoms with Gasteiger partial charge >= 0.3 is 12.0 Å². The van der Waals surface area contributed by atoms with Crippen LogP contribution in [0.2, 0.25) is 0 Å². The van der Waals surface area contributed by atoms with Crippen LogP contribution in [0.4, 0.5) is 4.79 Å². The number of aromatic nitrogens is 2. The first-order chi connectivity index (χ1) is 9.09. The number of aromatic amines is 1. The van der Waals surface area contributed by atoms with E-state index in [2.05, 4.69) is 20.8 Å². The highest BCUT2D eigenvalue weighted by molar-refractivity contribution is 5.73. The molecule has 0 aliphatic rings. The molecular formula is C12H20N4O3. The first-order valence-corrected chi connectivity index (χ1v) is 6.32. The van der Waals surface area contributed by atoms with Crippen molar-refractivity contribution in [2.24, 2.45) is 0 Å². The molecular weight excluding hydrogens is 248 g/mol. The number of hydrogen-bond donors (Lipinski definition) is 4. The summed E-state index contributed by atoms with van der Waals surface area (Å²) in [6.45, 7) is 2.88. The molecule has 106 valence electrons. The third-order valence-electron chi connectivity index (χ3n) is 2.73. The number of carbonyl (C=O) groups is 2. The number of carboxylic acids is 1. The molecule has 0 aliphatic carbocycles. The standard InChI is InChI=1S/C12H20N4O3/c1-9-10(8-15-16-9)7-14-12(19)13-6-4-2-3-5-11(17)18/h8H,2-7H2,1H3,(H,15,16)(H,17,18)(H2,13,14,19). The zero-order valence-corrected chi connectivity index (χ0v) is 11.0. The lowest BCUT2D eigenvalue weighted by Crippen LogP contribution is -2.35. The molecule has 1 aromatic heterocycles. The Morgan fingerprint density at radius 1 is 1.32 bits per heavy atom. The van der Waals surface area contributed by atoms with E-state index in [1.54, 1.807) is 6.20 Å². The minimum absolute atomic E-state index is 0.186. The highest BCUT2D eigenvalue weighted by Gasteiger charge is 2.03. The molecule has 0 aromatic carbocycles. The molecule has 0 saturated heterocycles. The molecule has 0 bridgehead atoms. The first kappa shape index (κ1) is 15.0. The minimum atomic E-state index is -0.777. The average Bonchev–Trinajstić information content (AvgIpc) is 2.76. The van der Waals surface area contributed by atoms with Gasteiger partial charge < -0.3 is 15.7 Å². The Labute approximate surface area is 111 Å². The Hall–Kier alpha value is -2.05. The summed E-state index contributed by atoms with van der Waals surface area (Å²) in [5.74, 6) is -0.777. The fourth-order valence-corrected chi connectivity index (χ4v) is 1.57. The smallest absolute Gasteiger partial charge is 0.315 e. The third-order valence-corrected chi connectivity index (χ3v) is 2.73. The lowest BCUT2D eigenvalue weighted by atomic mass is 10.2. The van der Waals surface area contributed by atoms with Crippen LogP contribution in [0.25, 0.3) is 0 Å². The molecule has 1 aromatic rings. The van der Waals surface area contributed by atoms with Gasteiger partial charge in [0.25, 0.3) is 0 Å².